The SMILES string of the molecule is Cc1nn(-c2ccc(C#N)c(Cl)c2)c(C)c1OCc1ccncc1.OOC=C(F)F. The molecule has 0 fully saturated rings. The lowest BCUT2D eigenvalue weighted by Crippen LogP contribution is -2.00. The van der Waals surface area contributed by atoms with Crippen LogP contribution in [0.3, 0.4) is 0 Å². The number of nitriles is 1. The van der Waals surface area contributed by atoms with E-state index in [0.29, 0.717) is 17.2 Å². The van der Waals surface area contributed by atoms with Crippen molar-refractivity contribution in [1.82, 2.24) is 14.8 Å². The van der Waals surface area contributed by atoms with Crippen molar-refractivity contribution in [2.24, 2.45) is 0 Å². The highest BCUT2D eigenvalue weighted by atomic mass is 35.5. The smallest absolute Gasteiger partial charge is 0.308 e. The molecule has 156 valence electrons. The van der Waals surface area contributed by atoms with E-state index in [1.165, 1.54) is 0 Å². The topological polar surface area (TPSA) is 93.2 Å². The van der Waals surface area contributed by atoms with E-state index in [1.807, 2.05) is 32.0 Å². The lowest BCUT2D eigenvalue weighted by Gasteiger charge is -2.08. The quantitative estimate of drug-likeness (QED) is 0.337. The number of nitrogens with zero attached hydrogens (tertiary/aromatic N) is 4. The Morgan fingerprint density at radius 2 is 1.97 bits per heavy atom. The number of aryl methyl sites for hydroxylation is 1. The molecule has 2 heterocycles. The second-order valence-corrected chi connectivity index (χ2v) is 6.25. The number of benzene rings is 1. The number of hydrogen-bond acceptors (Lipinski definition) is 6. The fraction of sp³-hybridized carbons (Fsp3) is 0.150. The molecule has 0 aliphatic rings. The molecular weight excluding hydrogens is 418 g/mol. The number of rotatable bonds is 5. The predicted molar refractivity (Wildman–Crippen MR) is 105 cm³/mol. The molecule has 7 nitrogen and oxygen atoms in total. The standard InChI is InChI=1S/C18H15ClN4O.C2H2F2O2/c1-12-18(24-11-14-5-7-21-8-6-14)13(2)23(22-12)16-4-3-15(10-20)17(19)9-16;3-2(4)1-6-5/h3-9H,11H2,1-2H3;1,5H. The highest BCUT2D eigenvalue weighted by Crippen LogP contribution is 2.27. The molecule has 0 aliphatic heterocycles. The molecule has 3 rings (SSSR count). The zero-order valence-corrected chi connectivity index (χ0v) is 16.8. The Morgan fingerprint density at radius 1 is 1.27 bits per heavy atom. The summed E-state index contributed by atoms with van der Waals surface area (Å²) in [4.78, 5) is 6.89. The largest absolute Gasteiger partial charge is 0.485 e. The van der Waals surface area contributed by atoms with Gasteiger partial charge in [0.1, 0.15) is 18.4 Å². The molecular formula is C20H17ClF2N4O3. The molecule has 2 aromatic heterocycles. The minimum absolute atomic E-state index is 0.0694. The average Bonchev–Trinajstić information content (AvgIpc) is 3.01. The molecule has 0 bridgehead atoms. The van der Waals surface area contributed by atoms with E-state index in [-0.39, 0.29) is 6.26 Å². The van der Waals surface area contributed by atoms with Gasteiger partial charge in [-0.15, -0.1) is 0 Å². The van der Waals surface area contributed by atoms with E-state index in [9.17, 15) is 8.78 Å². The fourth-order valence-electron chi connectivity index (χ4n) is 2.49. The molecule has 0 saturated carbocycles. The third kappa shape index (κ3) is 6.01. The van der Waals surface area contributed by atoms with Crippen LogP contribution in [0.5, 0.6) is 5.75 Å². The van der Waals surface area contributed by atoms with Crippen LogP contribution in [0, 0.1) is 25.2 Å². The van der Waals surface area contributed by atoms with E-state index in [4.69, 9.17) is 26.9 Å². The molecule has 0 unspecified atom stereocenters. The van der Waals surface area contributed by atoms with Crippen molar-refractivity contribution in [1.29, 1.82) is 5.26 Å². The minimum atomic E-state index is -2.06. The number of halogens is 3. The molecule has 0 saturated heterocycles. The predicted octanol–water partition coefficient (Wildman–Crippen LogP) is 5.20. The Morgan fingerprint density at radius 3 is 2.50 bits per heavy atom. The van der Waals surface area contributed by atoms with Gasteiger partial charge in [-0.2, -0.15) is 19.1 Å². The number of aromatic nitrogens is 3. The van der Waals surface area contributed by atoms with Gasteiger partial charge in [0.15, 0.2) is 12.0 Å². The molecule has 0 spiro atoms. The maximum absolute atomic E-state index is 10.6. The highest BCUT2D eigenvalue weighted by Gasteiger charge is 2.15. The monoisotopic (exact) mass is 434 g/mol. The molecule has 10 heteroatoms. The lowest BCUT2D eigenvalue weighted by molar-refractivity contribution is -0.189. The van der Waals surface area contributed by atoms with Gasteiger partial charge in [-0.1, -0.05) is 11.6 Å². The van der Waals surface area contributed by atoms with Crippen molar-refractivity contribution >= 4 is 11.6 Å². The Balaban J connectivity index is 0.000000469. The summed E-state index contributed by atoms with van der Waals surface area (Å²) < 4.78 is 28.9. The van der Waals surface area contributed by atoms with Gasteiger partial charge >= 0.3 is 6.08 Å². The van der Waals surface area contributed by atoms with Crippen molar-refractivity contribution in [3.8, 4) is 17.5 Å². The van der Waals surface area contributed by atoms with Crippen LogP contribution in [-0.2, 0) is 11.5 Å². The first-order valence-corrected chi connectivity index (χ1v) is 8.84. The summed E-state index contributed by atoms with van der Waals surface area (Å²) in [7, 11) is 0. The van der Waals surface area contributed by atoms with Crippen LogP contribution in [-0.4, -0.2) is 20.0 Å². The van der Waals surface area contributed by atoms with Gasteiger partial charge in [-0.3, -0.25) is 4.98 Å². The first-order chi connectivity index (χ1) is 14.4. The third-order valence-electron chi connectivity index (χ3n) is 3.82. The summed E-state index contributed by atoms with van der Waals surface area (Å²) in [6, 6.07) is 11.1. The summed E-state index contributed by atoms with van der Waals surface area (Å²) in [6.45, 7) is 4.29. The van der Waals surface area contributed by atoms with Gasteiger partial charge in [0.25, 0.3) is 0 Å². The van der Waals surface area contributed by atoms with Gasteiger partial charge < -0.3 is 9.62 Å². The zero-order valence-electron chi connectivity index (χ0n) is 16.0. The van der Waals surface area contributed by atoms with Crippen molar-refractivity contribution in [3.63, 3.8) is 0 Å². The molecule has 30 heavy (non-hydrogen) atoms. The Hall–Kier alpha value is -3.48. The maximum Gasteiger partial charge on any atom is 0.308 e. The molecule has 3 aromatic rings. The molecule has 0 radical (unpaired) electrons. The van der Waals surface area contributed by atoms with Gasteiger partial charge in [0, 0.05) is 12.4 Å². The molecule has 0 aliphatic carbocycles. The van der Waals surface area contributed by atoms with Crippen LogP contribution in [0.25, 0.3) is 5.69 Å². The normalized spacial score (nSPS) is 9.77. The van der Waals surface area contributed by atoms with E-state index in [0.717, 1.165) is 28.4 Å². The summed E-state index contributed by atoms with van der Waals surface area (Å²) in [6.07, 6.45) is 1.35. The van der Waals surface area contributed by atoms with E-state index < -0.39 is 6.08 Å². The van der Waals surface area contributed by atoms with Crippen molar-refractivity contribution in [3.05, 3.63) is 82.6 Å². The number of ether oxygens (including phenoxy) is 1. The first-order valence-electron chi connectivity index (χ1n) is 8.46. The molecule has 0 atom stereocenters. The first kappa shape index (κ1) is 22.8. The van der Waals surface area contributed by atoms with Crippen molar-refractivity contribution in [2.75, 3.05) is 0 Å². The second-order valence-electron chi connectivity index (χ2n) is 5.84. The van der Waals surface area contributed by atoms with Crippen molar-refractivity contribution < 1.29 is 23.7 Å². The van der Waals surface area contributed by atoms with Gasteiger partial charge in [0.05, 0.1) is 22.0 Å². The van der Waals surface area contributed by atoms with E-state index in [2.05, 4.69) is 21.0 Å². The summed E-state index contributed by atoms with van der Waals surface area (Å²) in [5.41, 5.74) is 3.94. The zero-order chi connectivity index (χ0) is 22.1. The van der Waals surface area contributed by atoms with Crippen LogP contribution in [0.15, 0.2) is 55.1 Å². The van der Waals surface area contributed by atoms with Crippen LogP contribution in [0.2, 0.25) is 5.02 Å². The van der Waals surface area contributed by atoms with Crippen LogP contribution >= 0.6 is 11.6 Å². The fourth-order valence-corrected chi connectivity index (χ4v) is 2.71. The lowest BCUT2D eigenvalue weighted by atomic mass is 10.2. The van der Waals surface area contributed by atoms with Crippen molar-refractivity contribution in [2.45, 2.75) is 20.5 Å². The van der Waals surface area contributed by atoms with Gasteiger partial charge in [-0.25, -0.2) is 9.94 Å². The third-order valence-corrected chi connectivity index (χ3v) is 4.13. The number of pyridine rings is 1. The average molecular weight is 435 g/mol. The van der Waals surface area contributed by atoms with E-state index >= 15 is 0 Å². The second kappa shape index (κ2) is 10.9. The van der Waals surface area contributed by atoms with Crippen LogP contribution < -0.4 is 4.74 Å². The maximum atomic E-state index is 10.6. The Bertz CT molecular complexity index is 1060. The van der Waals surface area contributed by atoms with Crippen LogP contribution in [0.4, 0.5) is 8.78 Å². The Labute approximate surface area is 176 Å². The summed E-state index contributed by atoms with van der Waals surface area (Å²) in [5, 5.41) is 21.1. The summed E-state index contributed by atoms with van der Waals surface area (Å²) >= 11 is 6.12. The molecule has 1 aromatic carbocycles. The molecule has 1 N–H and O–H groups in total. The van der Waals surface area contributed by atoms with Gasteiger partial charge in [0.2, 0.25) is 0 Å². The highest BCUT2D eigenvalue weighted by molar-refractivity contribution is 6.31. The Kier molecular flexibility index (Phi) is 8.29. The minimum Gasteiger partial charge on any atom is -0.485 e. The van der Waals surface area contributed by atoms with Gasteiger partial charge in [-0.05, 0) is 49.7 Å². The number of hydrogen-bond donors (Lipinski definition) is 1. The van der Waals surface area contributed by atoms with E-state index in [1.54, 1.807) is 29.2 Å². The summed E-state index contributed by atoms with van der Waals surface area (Å²) in [5.74, 6) is 0.743. The van der Waals surface area contributed by atoms with Crippen LogP contribution in [0.1, 0.15) is 22.5 Å². The molecule has 0 amide bonds.